The van der Waals surface area contributed by atoms with E-state index in [-0.39, 0.29) is 0 Å². The third-order valence-corrected chi connectivity index (χ3v) is 1.43. The van der Waals surface area contributed by atoms with Crippen molar-refractivity contribution in [3.8, 4) is 0 Å². The van der Waals surface area contributed by atoms with Gasteiger partial charge in [0.1, 0.15) is 12.4 Å². The van der Waals surface area contributed by atoms with E-state index in [9.17, 15) is 0 Å². The second kappa shape index (κ2) is 1.88. The van der Waals surface area contributed by atoms with Crippen molar-refractivity contribution in [1.82, 2.24) is 0 Å². The van der Waals surface area contributed by atoms with Crippen LogP contribution in [0.25, 0.3) is 0 Å². The monoisotopic (exact) mass is 132 g/mol. The minimum Gasteiger partial charge on any atom is -0.315 e. The third kappa shape index (κ3) is 0.642. The lowest BCUT2D eigenvalue weighted by Crippen LogP contribution is -2.20. The van der Waals surface area contributed by atoms with Crippen LogP contribution in [0.5, 0.6) is 0 Å². The maximum atomic E-state index is 5.60. The van der Waals surface area contributed by atoms with E-state index in [1.165, 1.54) is 6.34 Å². The molecule has 0 saturated carbocycles. The minimum atomic E-state index is 0.690. The smallest absolute Gasteiger partial charge is 0.116 e. The van der Waals surface area contributed by atoms with E-state index in [2.05, 4.69) is 9.98 Å². The molecule has 1 radical (unpaired) electrons. The van der Waals surface area contributed by atoms with E-state index in [4.69, 9.17) is 5.73 Å². The predicted molar refractivity (Wildman–Crippen MR) is 40.6 cm³/mol. The fourth-order valence-corrected chi connectivity index (χ4v) is 0.942. The van der Waals surface area contributed by atoms with Crippen LogP contribution in [-0.2, 0) is 0 Å². The lowest BCUT2D eigenvalue weighted by molar-refractivity contribution is 1.27. The van der Waals surface area contributed by atoms with Gasteiger partial charge in [-0.25, -0.2) is 9.98 Å². The average Bonchev–Trinajstić information content (AvgIpc) is 2.36. The molecule has 49 valence electrons. The quantitative estimate of drug-likeness (QED) is 0.510. The molecule has 0 spiro atoms. The Morgan fingerprint density at radius 1 is 1.40 bits per heavy atom. The zero-order valence-electron chi connectivity index (χ0n) is 5.28. The van der Waals surface area contributed by atoms with Gasteiger partial charge in [0.05, 0.1) is 11.4 Å². The van der Waals surface area contributed by atoms with Crippen LogP contribution >= 0.6 is 0 Å². The Morgan fingerprint density at radius 2 is 2.30 bits per heavy atom. The summed E-state index contributed by atoms with van der Waals surface area (Å²) in [4.78, 5) is 7.97. The molecule has 1 heterocycles. The van der Waals surface area contributed by atoms with Crippen LogP contribution in [0.2, 0.25) is 0 Å². The summed E-state index contributed by atoms with van der Waals surface area (Å²) in [5.74, 6) is 0. The first-order chi connectivity index (χ1) is 4.88. The summed E-state index contributed by atoms with van der Waals surface area (Å²) in [5, 5.41) is 0. The fraction of sp³-hybridized carbons (Fsp3) is 0. The number of fused-ring (bicyclic) bond motifs is 1. The summed E-state index contributed by atoms with van der Waals surface area (Å²) in [6, 6.07) is 0.690. The molecule has 0 aromatic carbocycles. The maximum absolute atomic E-state index is 5.60. The summed E-state index contributed by atoms with van der Waals surface area (Å²) < 4.78 is 0. The topological polar surface area (TPSA) is 50.7 Å². The standard InChI is InChI=1S/C7H6N3/c8-5-2-1-3-6-7(5)10-4-9-6/h1-4H,8H2. The molecule has 0 fully saturated rings. The number of allylic oxidation sites excluding steroid dienone is 2. The van der Waals surface area contributed by atoms with E-state index in [0.717, 1.165) is 11.4 Å². The Hall–Kier alpha value is -1.22. The molecule has 0 aromatic rings. The average molecular weight is 132 g/mol. The molecule has 0 saturated heterocycles. The maximum Gasteiger partial charge on any atom is 0.116 e. The van der Waals surface area contributed by atoms with Gasteiger partial charge in [-0.2, -0.15) is 0 Å². The zero-order chi connectivity index (χ0) is 6.97. The Bertz CT molecular complexity index is 271. The molecule has 1 aliphatic carbocycles. The number of aliphatic imine (C=N–C) groups is 2. The summed E-state index contributed by atoms with van der Waals surface area (Å²) >= 11 is 0. The Kier molecular flexibility index (Phi) is 1.05. The van der Waals surface area contributed by atoms with Crippen LogP contribution in [-0.4, -0.2) is 12.1 Å². The molecule has 10 heavy (non-hydrogen) atoms. The van der Waals surface area contributed by atoms with Gasteiger partial charge in [-0.05, 0) is 6.08 Å². The predicted octanol–water partition coefficient (Wildman–Crippen LogP) is 0.414. The van der Waals surface area contributed by atoms with E-state index in [1.807, 2.05) is 18.2 Å². The molecule has 3 nitrogen and oxygen atoms in total. The van der Waals surface area contributed by atoms with Gasteiger partial charge in [0.15, 0.2) is 0 Å². The van der Waals surface area contributed by atoms with Gasteiger partial charge < -0.3 is 5.73 Å². The first-order valence-corrected chi connectivity index (χ1v) is 3.00. The first-order valence-electron chi connectivity index (χ1n) is 3.00. The second-order valence-electron chi connectivity index (χ2n) is 2.09. The molecule has 2 rings (SSSR count). The number of nitrogens with two attached hydrogens (primary N) is 1. The first kappa shape index (κ1) is 5.56. The molecular weight excluding hydrogens is 126 g/mol. The number of nitrogens with zero attached hydrogens (tertiary/aromatic N) is 2. The second-order valence-corrected chi connectivity index (χ2v) is 2.09. The van der Waals surface area contributed by atoms with Crippen molar-refractivity contribution in [2.24, 2.45) is 15.7 Å². The summed E-state index contributed by atoms with van der Waals surface area (Å²) in [7, 11) is 0. The molecule has 1 aliphatic heterocycles. The molecule has 0 atom stereocenters. The molecule has 3 heteroatoms. The lowest BCUT2D eigenvalue weighted by atomic mass is 10.1. The van der Waals surface area contributed by atoms with Crippen molar-refractivity contribution >= 4 is 12.1 Å². The highest BCUT2D eigenvalue weighted by Gasteiger charge is 2.18. The molecule has 2 N–H and O–H groups in total. The lowest BCUT2D eigenvalue weighted by Gasteiger charge is -2.08. The van der Waals surface area contributed by atoms with Crippen molar-refractivity contribution < 1.29 is 0 Å². The van der Waals surface area contributed by atoms with Gasteiger partial charge in [0, 0.05) is 0 Å². The summed E-state index contributed by atoms with van der Waals surface area (Å²) in [6.45, 7) is 0. The van der Waals surface area contributed by atoms with Gasteiger partial charge in [0.25, 0.3) is 0 Å². The summed E-state index contributed by atoms with van der Waals surface area (Å²) in [6.07, 6.45) is 7.09. The van der Waals surface area contributed by atoms with E-state index >= 15 is 0 Å². The summed E-state index contributed by atoms with van der Waals surface area (Å²) in [5.41, 5.74) is 7.25. The zero-order valence-corrected chi connectivity index (χ0v) is 5.28. The van der Waals surface area contributed by atoms with Gasteiger partial charge >= 0.3 is 0 Å². The highest BCUT2D eigenvalue weighted by molar-refractivity contribution is 6.17. The Morgan fingerprint density at radius 3 is 3.10 bits per heavy atom. The van der Waals surface area contributed by atoms with Gasteiger partial charge in [0.2, 0.25) is 0 Å². The molecule has 0 aromatic heterocycles. The highest BCUT2D eigenvalue weighted by Crippen LogP contribution is 2.17. The minimum absolute atomic E-state index is 0.690. The van der Waals surface area contributed by atoms with E-state index < -0.39 is 0 Å². The molecule has 0 unspecified atom stereocenters. The molecular formula is C7H6N3. The van der Waals surface area contributed by atoms with Crippen molar-refractivity contribution in [2.45, 2.75) is 0 Å². The van der Waals surface area contributed by atoms with Crippen LogP contribution in [0, 0.1) is 6.04 Å². The van der Waals surface area contributed by atoms with Crippen molar-refractivity contribution in [2.75, 3.05) is 0 Å². The van der Waals surface area contributed by atoms with Crippen molar-refractivity contribution in [3.63, 3.8) is 0 Å². The fourth-order valence-electron chi connectivity index (χ4n) is 0.942. The van der Waals surface area contributed by atoms with Crippen LogP contribution in [0.1, 0.15) is 0 Å². The van der Waals surface area contributed by atoms with Crippen molar-refractivity contribution in [3.05, 3.63) is 30.0 Å². The van der Waals surface area contributed by atoms with E-state index in [0.29, 0.717) is 6.04 Å². The number of hydrogen-bond donors (Lipinski definition) is 1. The van der Waals surface area contributed by atoms with Gasteiger partial charge in [-0.1, -0.05) is 12.2 Å². The Labute approximate surface area is 58.7 Å². The third-order valence-electron chi connectivity index (χ3n) is 1.43. The largest absolute Gasteiger partial charge is 0.315 e. The Balaban J connectivity index is 2.45. The highest BCUT2D eigenvalue weighted by atomic mass is 15.0. The molecule has 0 amide bonds. The van der Waals surface area contributed by atoms with Crippen LogP contribution in [0.15, 0.2) is 33.9 Å². The molecule has 0 bridgehead atoms. The van der Waals surface area contributed by atoms with Gasteiger partial charge in [-0.15, -0.1) is 0 Å². The van der Waals surface area contributed by atoms with E-state index in [1.54, 1.807) is 0 Å². The van der Waals surface area contributed by atoms with Gasteiger partial charge in [-0.3, -0.25) is 0 Å². The SMILES string of the molecule is N[C]1C=CC=C2N=CN=C12. The van der Waals surface area contributed by atoms with Crippen LogP contribution in [0.4, 0.5) is 0 Å². The van der Waals surface area contributed by atoms with Crippen molar-refractivity contribution in [1.29, 1.82) is 0 Å². The van der Waals surface area contributed by atoms with Crippen LogP contribution in [0.3, 0.4) is 0 Å². The van der Waals surface area contributed by atoms with Crippen LogP contribution < -0.4 is 5.73 Å². The number of hydrogen-bond acceptors (Lipinski definition) is 3. The normalized spacial score (nSPS) is 22.5. The number of rotatable bonds is 0. The molecule has 2 aliphatic rings.